The van der Waals surface area contributed by atoms with Crippen molar-refractivity contribution in [1.82, 2.24) is 0 Å². The Hall–Kier alpha value is -0.0800. The van der Waals surface area contributed by atoms with Gasteiger partial charge in [0, 0.05) is 5.41 Å². The van der Waals surface area contributed by atoms with Crippen LogP contribution in [0.4, 0.5) is 0 Å². The summed E-state index contributed by atoms with van der Waals surface area (Å²) in [6.45, 7) is 8.15. The molecule has 13 heavy (non-hydrogen) atoms. The van der Waals surface area contributed by atoms with Crippen LogP contribution >= 0.6 is 0 Å². The highest BCUT2D eigenvalue weighted by molar-refractivity contribution is 4.83. The summed E-state index contributed by atoms with van der Waals surface area (Å²) in [4.78, 5) is 0. The van der Waals surface area contributed by atoms with Gasteiger partial charge in [-0.1, -0.05) is 40.5 Å². The first-order valence-electron chi connectivity index (χ1n) is 5.27. The highest BCUT2D eigenvalue weighted by Gasteiger charge is 2.33. The molecule has 2 unspecified atom stereocenters. The first-order valence-corrected chi connectivity index (χ1v) is 5.27. The van der Waals surface area contributed by atoms with Crippen molar-refractivity contribution in [2.45, 2.75) is 53.1 Å². The molecule has 0 aliphatic carbocycles. The number of aliphatic hydroxyl groups is 2. The highest BCUT2D eigenvalue weighted by atomic mass is 16.3. The molecule has 0 spiro atoms. The molecule has 2 nitrogen and oxygen atoms in total. The molecule has 0 aliphatic heterocycles. The topological polar surface area (TPSA) is 40.5 Å². The lowest BCUT2D eigenvalue weighted by Gasteiger charge is -2.35. The van der Waals surface area contributed by atoms with Crippen molar-refractivity contribution in [3.05, 3.63) is 0 Å². The van der Waals surface area contributed by atoms with Gasteiger partial charge in [0.25, 0.3) is 0 Å². The molecule has 0 bridgehead atoms. The van der Waals surface area contributed by atoms with Gasteiger partial charge in [0.1, 0.15) is 0 Å². The summed E-state index contributed by atoms with van der Waals surface area (Å²) in [5.74, 6) is 0.217. The zero-order valence-corrected chi connectivity index (χ0v) is 9.38. The van der Waals surface area contributed by atoms with Gasteiger partial charge in [-0.3, -0.25) is 0 Å². The smallest absolute Gasteiger partial charge is 0.0638 e. The van der Waals surface area contributed by atoms with Gasteiger partial charge >= 0.3 is 0 Å². The minimum Gasteiger partial charge on any atom is -0.396 e. The minimum atomic E-state index is -0.399. The molecular weight excluding hydrogens is 164 g/mol. The van der Waals surface area contributed by atoms with Gasteiger partial charge in [-0.15, -0.1) is 0 Å². The van der Waals surface area contributed by atoms with E-state index in [1.807, 2.05) is 20.8 Å². The van der Waals surface area contributed by atoms with Crippen molar-refractivity contribution in [1.29, 1.82) is 0 Å². The standard InChI is InChI=1S/C11H24O2/c1-5-6-7-11(4,8-12)10(13)9(2)3/h9-10,12-13H,5-8H2,1-4H3. The fourth-order valence-corrected chi connectivity index (χ4v) is 1.71. The summed E-state index contributed by atoms with van der Waals surface area (Å²) in [5, 5.41) is 19.2. The van der Waals surface area contributed by atoms with E-state index >= 15 is 0 Å². The van der Waals surface area contributed by atoms with E-state index in [9.17, 15) is 10.2 Å². The van der Waals surface area contributed by atoms with Gasteiger partial charge in [-0.2, -0.15) is 0 Å². The molecule has 80 valence electrons. The number of hydrogen-bond donors (Lipinski definition) is 2. The van der Waals surface area contributed by atoms with Gasteiger partial charge in [0.05, 0.1) is 12.7 Å². The van der Waals surface area contributed by atoms with Crippen LogP contribution in [0.5, 0.6) is 0 Å². The molecule has 2 heteroatoms. The van der Waals surface area contributed by atoms with Crippen molar-refractivity contribution >= 4 is 0 Å². The Bertz CT molecular complexity index is 134. The molecule has 2 N–H and O–H groups in total. The summed E-state index contributed by atoms with van der Waals surface area (Å²) < 4.78 is 0. The molecule has 0 rings (SSSR count). The second-order valence-electron chi connectivity index (χ2n) is 4.60. The van der Waals surface area contributed by atoms with Gasteiger partial charge in [-0.25, -0.2) is 0 Å². The predicted molar refractivity (Wildman–Crippen MR) is 55.6 cm³/mol. The minimum absolute atomic E-state index is 0.0757. The third-order valence-corrected chi connectivity index (χ3v) is 2.81. The lowest BCUT2D eigenvalue weighted by molar-refractivity contribution is -0.0383. The first-order chi connectivity index (χ1) is 5.98. The number of rotatable bonds is 6. The quantitative estimate of drug-likeness (QED) is 0.671. The molecule has 2 atom stereocenters. The summed E-state index contributed by atoms with van der Waals surface area (Å²) in [6, 6.07) is 0. The first kappa shape index (κ1) is 12.9. The van der Waals surface area contributed by atoms with Crippen LogP contribution in [0.1, 0.15) is 47.0 Å². The van der Waals surface area contributed by atoms with E-state index < -0.39 is 6.10 Å². The van der Waals surface area contributed by atoms with Crippen LogP contribution in [0, 0.1) is 11.3 Å². The number of aliphatic hydroxyl groups excluding tert-OH is 2. The van der Waals surface area contributed by atoms with Crippen molar-refractivity contribution in [3.8, 4) is 0 Å². The van der Waals surface area contributed by atoms with Crippen LogP contribution in [-0.4, -0.2) is 22.9 Å². The molecule has 0 saturated carbocycles. The van der Waals surface area contributed by atoms with E-state index in [0.717, 1.165) is 19.3 Å². The SMILES string of the molecule is CCCCC(C)(CO)C(O)C(C)C. The van der Waals surface area contributed by atoms with Crippen LogP contribution in [-0.2, 0) is 0 Å². The van der Waals surface area contributed by atoms with Gasteiger partial charge in [-0.05, 0) is 12.3 Å². The Balaban J connectivity index is 4.24. The van der Waals surface area contributed by atoms with E-state index in [0.29, 0.717) is 0 Å². The van der Waals surface area contributed by atoms with Crippen LogP contribution in [0.3, 0.4) is 0 Å². The maximum absolute atomic E-state index is 9.91. The molecule has 0 amide bonds. The lowest BCUT2D eigenvalue weighted by Crippen LogP contribution is -2.39. The van der Waals surface area contributed by atoms with E-state index in [2.05, 4.69) is 6.92 Å². The normalized spacial score (nSPS) is 18.7. The van der Waals surface area contributed by atoms with Gasteiger partial charge in [0.2, 0.25) is 0 Å². The number of hydrogen-bond acceptors (Lipinski definition) is 2. The van der Waals surface area contributed by atoms with Crippen LogP contribution in [0.2, 0.25) is 0 Å². The highest BCUT2D eigenvalue weighted by Crippen LogP contribution is 2.31. The fraction of sp³-hybridized carbons (Fsp3) is 1.00. The van der Waals surface area contributed by atoms with Gasteiger partial charge < -0.3 is 10.2 Å². The Morgan fingerprint density at radius 1 is 1.31 bits per heavy atom. The summed E-state index contributed by atoms with van der Waals surface area (Å²) >= 11 is 0. The predicted octanol–water partition coefficient (Wildman–Crippen LogP) is 2.19. The largest absolute Gasteiger partial charge is 0.396 e. The lowest BCUT2D eigenvalue weighted by atomic mass is 9.76. The maximum atomic E-state index is 9.91. The fourth-order valence-electron chi connectivity index (χ4n) is 1.71. The molecular formula is C11H24O2. The molecule has 0 radical (unpaired) electrons. The van der Waals surface area contributed by atoms with Crippen LogP contribution in [0.25, 0.3) is 0 Å². The molecule has 0 aromatic rings. The monoisotopic (exact) mass is 188 g/mol. The maximum Gasteiger partial charge on any atom is 0.0638 e. The summed E-state index contributed by atoms with van der Waals surface area (Å²) in [7, 11) is 0. The van der Waals surface area contributed by atoms with Gasteiger partial charge in [0.15, 0.2) is 0 Å². The Morgan fingerprint density at radius 3 is 2.15 bits per heavy atom. The molecule has 0 aromatic heterocycles. The molecule has 0 aliphatic rings. The van der Waals surface area contributed by atoms with E-state index in [1.165, 1.54) is 0 Å². The van der Waals surface area contributed by atoms with E-state index in [-0.39, 0.29) is 17.9 Å². The average Bonchev–Trinajstić information content (AvgIpc) is 2.12. The number of unbranched alkanes of at least 4 members (excludes halogenated alkanes) is 1. The Kier molecular flexibility index (Phi) is 5.57. The molecule has 0 saturated heterocycles. The third kappa shape index (κ3) is 3.65. The molecule has 0 fully saturated rings. The Morgan fingerprint density at radius 2 is 1.85 bits per heavy atom. The van der Waals surface area contributed by atoms with Crippen LogP contribution < -0.4 is 0 Å². The third-order valence-electron chi connectivity index (χ3n) is 2.81. The zero-order valence-electron chi connectivity index (χ0n) is 9.38. The Labute approximate surface area is 82.0 Å². The van der Waals surface area contributed by atoms with Crippen molar-refractivity contribution in [2.75, 3.05) is 6.61 Å². The zero-order chi connectivity index (χ0) is 10.5. The van der Waals surface area contributed by atoms with E-state index in [4.69, 9.17) is 0 Å². The van der Waals surface area contributed by atoms with Crippen molar-refractivity contribution in [3.63, 3.8) is 0 Å². The molecule has 0 aromatic carbocycles. The van der Waals surface area contributed by atoms with Crippen molar-refractivity contribution < 1.29 is 10.2 Å². The van der Waals surface area contributed by atoms with Crippen LogP contribution in [0.15, 0.2) is 0 Å². The molecule has 0 heterocycles. The summed E-state index contributed by atoms with van der Waals surface area (Å²) in [6.07, 6.45) is 2.68. The second-order valence-corrected chi connectivity index (χ2v) is 4.60. The summed E-state index contributed by atoms with van der Waals surface area (Å²) in [5.41, 5.74) is -0.315. The van der Waals surface area contributed by atoms with Crippen molar-refractivity contribution in [2.24, 2.45) is 11.3 Å². The average molecular weight is 188 g/mol. The van der Waals surface area contributed by atoms with E-state index in [1.54, 1.807) is 0 Å². The second kappa shape index (κ2) is 5.61.